The van der Waals surface area contributed by atoms with Crippen LogP contribution in [0, 0.1) is 0 Å². The van der Waals surface area contributed by atoms with Crippen molar-refractivity contribution in [3.63, 3.8) is 0 Å². The van der Waals surface area contributed by atoms with E-state index >= 15 is 0 Å². The fraction of sp³-hybridized carbons (Fsp3) is 0.727. The van der Waals surface area contributed by atoms with Crippen LogP contribution in [0.3, 0.4) is 0 Å². The van der Waals surface area contributed by atoms with Gasteiger partial charge in [0.1, 0.15) is 0 Å². The van der Waals surface area contributed by atoms with Gasteiger partial charge in [0, 0.05) is 19.1 Å². The van der Waals surface area contributed by atoms with E-state index in [0.29, 0.717) is 25.0 Å². The Kier molecular flexibility index (Phi) is 4.27. The summed E-state index contributed by atoms with van der Waals surface area (Å²) < 4.78 is 10.6. The number of carbonyl (C=O) groups excluding carboxylic acids is 1. The van der Waals surface area contributed by atoms with Gasteiger partial charge < -0.3 is 14.9 Å². The molecule has 1 heterocycles. The van der Waals surface area contributed by atoms with Crippen molar-refractivity contribution in [1.82, 2.24) is 10.2 Å². The van der Waals surface area contributed by atoms with E-state index in [1.165, 1.54) is 0 Å². The average molecular weight is 254 g/mol. The maximum Gasteiger partial charge on any atom is 0.322 e. The number of amides is 1. The highest BCUT2D eigenvalue weighted by Crippen LogP contribution is 2.39. The molecule has 0 aliphatic heterocycles. The Morgan fingerprint density at radius 3 is 3.00 bits per heavy atom. The summed E-state index contributed by atoms with van der Waals surface area (Å²) in [5, 5.41) is 10.2. The molecule has 1 aliphatic carbocycles. The molecule has 1 fully saturated rings. The number of nitrogens with two attached hydrogens (primary N) is 1. The molecule has 3 N–H and O–H groups in total. The topological polar surface area (TPSA) is 103 Å². The van der Waals surface area contributed by atoms with Crippen LogP contribution in [0.25, 0.3) is 0 Å². The van der Waals surface area contributed by atoms with Crippen molar-refractivity contribution in [1.29, 1.82) is 0 Å². The summed E-state index contributed by atoms with van der Waals surface area (Å²) in [5.74, 6) is 0.749. The summed E-state index contributed by atoms with van der Waals surface area (Å²) in [6.45, 7) is 2.69. The maximum atomic E-state index is 11.7. The highest BCUT2D eigenvalue weighted by molar-refractivity contribution is 5.88. The second-order valence-electron chi connectivity index (χ2n) is 4.29. The van der Waals surface area contributed by atoms with E-state index in [9.17, 15) is 4.79 Å². The van der Waals surface area contributed by atoms with Gasteiger partial charge in [0.2, 0.25) is 11.8 Å². The zero-order chi connectivity index (χ0) is 13.0. The molecule has 0 aromatic carbocycles. The lowest BCUT2D eigenvalue weighted by molar-refractivity contribution is -0.118. The number of hydrogen-bond acceptors (Lipinski definition) is 6. The molecule has 1 amide bonds. The smallest absolute Gasteiger partial charge is 0.322 e. The number of ether oxygens (including phenoxy) is 1. The third-order valence-corrected chi connectivity index (χ3v) is 2.69. The lowest BCUT2D eigenvalue weighted by Crippen LogP contribution is -2.29. The number of nitrogens with zero attached hydrogens (tertiary/aromatic N) is 2. The predicted octanol–water partition coefficient (Wildman–Crippen LogP) is 0.639. The molecule has 7 heteroatoms. The fourth-order valence-corrected chi connectivity index (χ4v) is 1.60. The molecular weight excluding hydrogens is 236 g/mol. The van der Waals surface area contributed by atoms with Gasteiger partial charge in [-0.1, -0.05) is 5.10 Å². The number of aromatic nitrogens is 2. The zero-order valence-corrected chi connectivity index (χ0v) is 10.4. The van der Waals surface area contributed by atoms with Crippen molar-refractivity contribution in [2.75, 3.05) is 18.5 Å². The number of carbonyl (C=O) groups is 1. The van der Waals surface area contributed by atoms with Gasteiger partial charge in [-0.2, -0.15) is 0 Å². The van der Waals surface area contributed by atoms with Crippen LogP contribution >= 0.6 is 0 Å². The monoisotopic (exact) mass is 254 g/mol. The van der Waals surface area contributed by atoms with E-state index in [1.54, 1.807) is 0 Å². The standard InChI is InChI=1S/C11H18N4O3/c1-2-17-8(6-12)5-9(16)13-11-15-14-10(18-11)7-3-4-7/h7-8H,2-6,12H2,1H3,(H,13,15,16). The van der Waals surface area contributed by atoms with Crippen LogP contribution in [0.15, 0.2) is 4.42 Å². The van der Waals surface area contributed by atoms with Crippen LogP contribution in [-0.2, 0) is 9.53 Å². The summed E-state index contributed by atoms with van der Waals surface area (Å²) in [6, 6.07) is 0.147. The van der Waals surface area contributed by atoms with E-state index in [4.69, 9.17) is 14.9 Å². The van der Waals surface area contributed by atoms with Gasteiger partial charge in [0.25, 0.3) is 0 Å². The SMILES string of the molecule is CCOC(CN)CC(=O)Nc1nnc(C2CC2)o1. The van der Waals surface area contributed by atoms with Crippen LogP contribution < -0.4 is 11.1 Å². The molecule has 100 valence electrons. The van der Waals surface area contributed by atoms with Crippen molar-refractivity contribution >= 4 is 11.9 Å². The molecule has 2 rings (SSSR count). The summed E-state index contributed by atoms with van der Waals surface area (Å²) in [6.07, 6.45) is 2.07. The van der Waals surface area contributed by atoms with Crippen LogP contribution in [0.5, 0.6) is 0 Å². The van der Waals surface area contributed by atoms with Gasteiger partial charge in [0.05, 0.1) is 12.5 Å². The predicted molar refractivity (Wildman–Crippen MR) is 64.0 cm³/mol. The molecule has 0 saturated heterocycles. The number of nitrogens with one attached hydrogen (secondary N) is 1. The van der Waals surface area contributed by atoms with Gasteiger partial charge in [0.15, 0.2) is 0 Å². The van der Waals surface area contributed by atoms with E-state index < -0.39 is 0 Å². The summed E-state index contributed by atoms with van der Waals surface area (Å²) in [4.78, 5) is 11.7. The van der Waals surface area contributed by atoms with E-state index in [-0.39, 0.29) is 24.4 Å². The molecular formula is C11H18N4O3. The number of anilines is 1. The van der Waals surface area contributed by atoms with Crippen molar-refractivity contribution in [2.24, 2.45) is 5.73 Å². The average Bonchev–Trinajstić information content (AvgIpc) is 3.10. The molecule has 0 spiro atoms. The zero-order valence-electron chi connectivity index (χ0n) is 10.4. The Hall–Kier alpha value is -1.47. The molecule has 1 unspecified atom stereocenters. The van der Waals surface area contributed by atoms with Crippen molar-refractivity contribution in [3.8, 4) is 0 Å². The van der Waals surface area contributed by atoms with Crippen molar-refractivity contribution in [3.05, 3.63) is 5.89 Å². The minimum absolute atomic E-state index is 0.147. The molecule has 1 aromatic rings. The highest BCUT2D eigenvalue weighted by atomic mass is 16.5. The van der Waals surface area contributed by atoms with Gasteiger partial charge >= 0.3 is 6.01 Å². The van der Waals surface area contributed by atoms with Gasteiger partial charge in [-0.25, -0.2) is 0 Å². The first-order valence-electron chi connectivity index (χ1n) is 6.17. The van der Waals surface area contributed by atoms with E-state index in [0.717, 1.165) is 12.8 Å². The van der Waals surface area contributed by atoms with E-state index in [1.807, 2.05) is 6.92 Å². The Labute approximate surface area is 105 Å². The quantitative estimate of drug-likeness (QED) is 0.740. The second kappa shape index (κ2) is 5.92. The van der Waals surface area contributed by atoms with Crippen LogP contribution in [-0.4, -0.2) is 35.4 Å². The molecule has 18 heavy (non-hydrogen) atoms. The first-order valence-corrected chi connectivity index (χ1v) is 6.17. The molecule has 1 atom stereocenters. The van der Waals surface area contributed by atoms with Crippen molar-refractivity contribution in [2.45, 2.75) is 38.2 Å². The lowest BCUT2D eigenvalue weighted by atomic mass is 10.2. The Morgan fingerprint density at radius 1 is 1.61 bits per heavy atom. The summed E-state index contributed by atoms with van der Waals surface area (Å²) in [5.41, 5.74) is 5.50. The number of rotatable bonds is 7. The number of hydrogen-bond donors (Lipinski definition) is 2. The van der Waals surface area contributed by atoms with Crippen LogP contribution in [0.2, 0.25) is 0 Å². The Bertz CT molecular complexity index is 403. The normalized spacial score (nSPS) is 16.6. The maximum absolute atomic E-state index is 11.7. The van der Waals surface area contributed by atoms with Crippen LogP contribution in [0.4, 0.5) is 6.01 Å². The molecule has 0 radical (unpaired) electrons. The van der Waals surface area contributed by atoms with Gasteiger partial charge in [-0.15, -0.1) is 5.10 Å². The largest absolute Gasteiger partial charge is 0.408 e. The van der Waals surface area contributed by atoms with Gasteiger partial charge in [-0.05, 0) is 19.8 Å². The molecule has 1 aromatic heterocycles. The minimum Gasteiger partial charge on any atom is -0.408 e. The molecule has 0 bridgehead atoms. The third-order valence-electron chi connectivity index (χ3n) is 2.69. The van der Waals surface area contributed by atoms with Gasteiger partial charge in [-0.3, -0.25) is 10.1 Å². The Balaban J connectivity index is 1.81. The minimum atomic E-state index is -0.277. The summed E-state index contributed by atoms with van der Waals surface area (Å²) in [7, 11) is 0. The molecule has 7 nitrogen and oxygen atoms in total. The van der Waals surface area contributed by atoms with Crippen LogP contribution in [0.1, 0.15) is 38.0 Å². The molecule has 1 saturated carbocycles. The lowest BCUT2D eigenvalue weighted by Gasteiger charge is -2.13. The summed E-state index contributed by atoms with van der Waals surface area (Å²) >= 11 is 0. The molecule has 1 aliphatic rings. The highest BCUT2D eigenvalue weighted by Gasteiger charge is 2.29. The fourth-order valence-electron chi connectivity index (χ4n) is 1.60. The first-order chi connectivity index (χ1) is 8.72. The Morgan fingerprint density at radius 2 is 2.39 bits per heavy atom. The third kappa shape index (κ3) is 3.51. The van der Waals surface area contributed by atoms with E-state index in [2.05, 4.69) is 15.5 Å². The first kappa shape index (κ1) is 13.0. The van der Waals surface area contributed by atoms with Crippen molar-refractivity contribution < 1.29 is 13.9 Å². The second-order valence-corrected chi connectivity index (χ2v) is 4.29.